The van der Waals surface area contributed by atoms with E-state index in [0.29, 0.717) is 0 Å². The lowest BCUT2D eigenvalue weighted by Gasteiger charge is -2.16. The minimum absolute atomic E-state index is 0.814. The van der Waals surface area contributed by atoms with Crippen LogP contribution in [0.1, 0.15) is 49.7 Å². The first-order chi connectivity index (χ1) is 9.20. The smallest absolute Gasteiger partial charge is 0.144 e. The Morgan fingerprint density at radius 1 is 1.11 bits per heavy atom. The van der Waals surface area contributed by atoms with E-state index in [1.165, 1.54) is 30.5 Å². The molecule has 4 nitrogen and oxygen atoms in total. The standard InChI is InChI=1S/C15H26N4/c1-4-10-16-15-12-8-6-5-7-9-13(12)17-14(18-15)11-19(2)3/h4-11H2,1-3H3,(H,16,17,18). The molecule has 0 bridgehead atoms. The Kier molecular flexibility index (Phi) is 5.14. The van der Waals surface area contributed by atoms with Crippen molar-refractivity contribution < 1.29 is 0 Å². The van der Waals surface area contributed by atoms with Crippen molar-refractivity contribution in [1.29, 1.82) is 0 Å². The second-order valence-electron chi connectivity index (χ2n) is 5.64. The molecule has 0 amide bonds. The van der Waals surface area contributed by atoms with Crippen LogP contribution in [0, 0.1) is 0 Å². The van der Waals surface area contributed by atoms with Crippen molar-refractivity contribution >= 4 is 5.82 Å². The summed E-state index contributed by atoms with van der Waals surface area (Å²) in [5.74, 6) is 2.04. The molecule has 19 heavy (non-hydrogen) atoms. The third-order valence-corrected chi connectivity index (χ3v) is 3.48. The van der Waals surface area contributed by atoms with Crippen molar-refractivity contribution in [3.63, 3.8) is 0 Å². The molecule has 0 unspecified atom stereocenters. The van der Waals surface area contributed by atoms with Crippen LogP contribution in [-0.2, 0) is 19.4 Å². The number of hydrogen-bond donors (Lipinski definition) is 1. The maximum absolute atomic E-state index is 4.79. The molecule has 0 saturated heterocycles. The molecule has 1 aliphatic rings. The highest BCUT2D eigenvalue weighted by Crippen LogP contribution is 2.25. The summed E-state index contributed by atoms with van der Waals surface area (Å²) >= 11 is 0. The van der Waals surface area contributed by atoms with Gasteiger partial charge >= 0.3 is 0 Å². The summed E-state index contributed by atoms with van der Waals surface area (Å²) < 4.78 is 0. The third kappa shape index (κ3) is 3.90. The van der Waals surface area contributed by atoms with Crippen LogP contribution in [-0.4, -0.2) is 35.5 Å². The summed E-state index contributed by atoms with van der Waals surface area (Å²) in [4.78, 5) is 11.7. The first-order valence-corrected chi connectivity index (χ1v) is 7.48. The molecule has 106 valence electrons. The molecule has 4 heteroatoms. The van der Waals surface area contributed by atoms with E-state index in [1.807, 2.05) is 0 Å². The summed E-state index contributed by atoms with van der Waals surface area (Å²) in [7, 11) is 4.13. The van der Waals surface area contributed by atoms with Gasteiger partial charge in [0, 0.05) is 17.8 Å². The van der Waals surface area contributed by atoms with Crippen LogP contribution in [0.15, 0.2) is 0 Å². The van der Waals surface area contributed by atoms with Gasteiger partial charge in [-0.15, -0.1) is 0 Å². The normalized spacial score (nSPS) is 15.2. The zero-order valence-electron chi connectivity index (χ0n) is 12.5. The molecule has 1 heterocycles. The zero-order chi connectivity index (χ0) is 13.7. The Morgan fingerprint density at radius 3 is 2.63 bits per heavy atom. The van der Waals surface area contributed by atoms with Gasteiger partial charge in [-0.1, -0.05) is 13.3 Å². The van der Waals surface area contributed by atoms with Crippen LogP contribution < -0.4 is 5.32 Å². The molecule has 1 N–H and O–H groups in total. The average Bonchev–Trinajstić information content (AvgIpc) is 2.60. The summed E-state index contributed by atoms with van der Waals surface area (Å²) in [6.07, 6.45) is 7.21. The Labute approximate surface area is 116 Å². The van der Waals surface area contributed by atoms with Crippen molar-refractivity contribution in [1.82, 2.24) is 14.9 Å². The van der Waals surface area contributed by atoms with E-state index < -0.39 is 0 Å². The van der Waals surface area contributed by atoms with Gasteiger partial charge in [-0.2, -0.15) is 0 Å². The van der Waals surface area contributed by atoms with Gasteiger partial charge in [0.2, 0.25) is 0 Å². The van der Waals surface area contributed by atoms with Crippen molar-refractivity contribution in [2.75, 3.05) is 26.0 Å². The fourth-order valence-corrected chi connectivity index (χ4v) is 2.57. The van der Waals surface area contributed by atoms with Crippen molar-refractivity contribution in [2.24, 2.45) is 0 Å². The van der Waals surface area contributed by atoms with E-state index in [2.05, 4.69) is 31.2 Å². The van der Waals surface area contributed by atoms with E-state index >= 15 is 0 Å². The van der Waals surface area contributed by atoms with Crippen LogP contribution in [0.4, 0.5) is 5.82 Å². The van der Waals surface area contributed by atoms with Gasteiger partial charge in [-0.05, 0) is 46.2 Å². The van der Waals surface area contributed by atoms with Crippen LogP contribution in [0.25, 0.3) is 0 Å². The van der Waals surface area contributed by atoms with Gasteiger partial charge in [0.1, 0.15) is 11.6 Å². The fourth-order valence-electron chi connectivity index (χ4n) is 2.57. The number of nitrogens with zero attached hydrogens (tertiary/aromatic N) is 3. The molecular weight excluding hydrogens is 236 g/mol. The average molecular weight is 262 g/mol. The highest BCUT2D eigenvalue weighted by molar-refractivity contribution is 5.47. The zero-order valence-corrected chi connectivity index (χ0v) is 12.5. The first kappa shape index (κ1) is 14.3. The fraction of sp³-hybridized carbons (Fsp3) is 0.733. The SMILES string of the molecule is CCCNc1nc(CN(C)C)nc2c1CCCCC2. The van der Waals surface area contributed by atoms with E-state index in [4.69, 9.17) is 9.97 Å². The number of anilines is 1. The van der Waals surface area contributed by atoms with Crippen LogP contribution in [0.3, 0.4) is 0 Å². The minimum atomic E-state index is 0.814. The Balaban J connectivity index is 2.31. The van der Waals surface area contributed by atoms with Gasteiger partial charge in [-0.25, -0.2) is 9.97 Å². The summed E-state index contributed by atoms with van der Waals surface area (Å²) in [6, 6.07) is 0. The van der Waals surface area contributed by atoms with Crippen LogP contribution in [0.2, 0.25) is 0 Å². The predicted octanol–water partition coefficient (Wildman–Crippen LogP) is 2.63. The van der Waals surface area contributed by atoms with Gasteiger partial charge in [0.15, 0.2) is 0 Å². The van der Waals surface area contributed by atoms with Crippen LogP contribution >= 0.6 is 0 Å². The van der Waals surface area contributed by atoms with Gasteiger partial charge in [0.05, 0.1) is 6.54 Å². The van der Waals surface area contributed by atoms with E-state index in [1.54, 1.807) is 0 Å². The molecule has 0 spiro atoms. The number of fused-ring (bicyclic) bond motifs is 1. The molecule has 0 aliphatic heterocycles. The molecule has 2 rings (SSSR count). The number of rotatable bonds is 5. The number of aromatic nitrogens is 2. The molecule has 0 radical (unpaired) electrons. The predicted molar refractivity (Wildman–Crippen MR) is 79.5 cm³/mol. The molecular formula is C15H26N4. The maximum atomic E-state index is 4.79. The van der Waals surface area contributed by atoms with E-state index in [-0.39, 0.29) is 0 Å². The van der Waals surface area contributed by atoms with Crippen molar-refractivity contribution in [2.45, 2.75) is 52.0 Å². The largest absolute Gasteiger partial charge is 0.370 e. The number of aryl methyl sites for hydroxylation is 1. The van der Waals surface area contributed by atoms with Gasteiger partial charge in [-0.3, -0.25) is 0 Å². The molecule has 1 aliphatic carbocycles. The first-order valence-electron chi connectivity index (χ1n) is 7.48. The molecule has 0 aromatic carbocycles. The topological polar surface area (TPSA) is 41.1 Å². The summed E-state index contributed by atoms with van der Waals surface area (Å²) in [6.45, 7) is 3.99. The summed E-state index contributed by atoms with van der Waals surface area (Å²) in [5, 5.41) is 3.49. The Morgan fingerprint density at radius 2 is 1.89 bits per heavy atom. The highest BCUT2D eigenvalue weighted by atomic mass is 15.1. The monoisotopic (exact) mass is 262 g/mol. The lowest BCUT2D eigenvalue weighted by molar-refractivity contribution is 0.389. The van der Waals surface area contributed by atoms with Crippen molar-refractivity contribution in [3.05, 3.63) is 17.1 Å². The molecule has 0 atom stereocenters. The quantitative estimate of drug-likeness (QED) is 0.828. The van der Waals surface area contributed by atoms with Crippen LogP contribution in [0.5, 0.6) is 0 Å². The number of nitrogens with one attached hydrogen (secondary N) is 1. The third-order valence-electron chi connectivity index (χ3n) is 3.48. The molecule has 1 aromatic rings. The molecule has 1 aromatic heterocycles. The van der Waals surface area contributed by atoms with Gasteiger partial charge in [0.25, 0.3) is 0 Å². The second kappa shape index (κ2) is 6.85. The number of hydrogen-bond acceptors (Lipinski definition) is 4. The Hall–Kier alpha value is -1.16. The summed E-state index contributed by atoms with van der Waals surface area (Å²) in [5.41, 5.74) is 2.65. The van der Waals surface area contributed by atoms with Crippen molar-refractivity contribution in [3.8, 4) is 0 Å². The lowest BCUT2D eigenvalue weighted by Crippen LogP contribution is -2.17. The minimum Gasteiger partial charge on any atom is -0.370 e. The molecule has 0 saturated carbocycles. The molecule has 0 fully saturated rings. The van der Waals surface area contributed by atoms with E-state index in [0.717, 1.165) is 44.0 Å². The second-order valence-corrected chi connectivity index (χ2v) is 5.64. The highest BCUT2D eigenvalue weighted by Gasteiger charge is 2.16. The van der Waals surface area contributed by atoms with E-state index in [9.17, 15) is 0 Å². The maximum Gasteiger partial charge on any atom is 0.144 e. The van der Waals surface area contributed by atoms with Gasteiger partial charge < -0.3 is 10.2 Å². The lowest BCUT2D eigenvalue weighted by atomic mass is 10.1. The Bertz CT molecular complexity index is 415.